The maximum absolute atomic E-state index is 13.4. The van der Waals surface area contributed by atoms with Gasteiger partial charge in [0.05, 0.1) is 6.54 Å². The summed E-state index contributed by atoms with van der Waals surface area (Å²) < 4.78 is 23.8. The van der Waals surface area contributed by atoms with Crippen molar-refractivity contribution in [2.75, 3.05) is 18.5 Å². The second-order valence-corrected chi connectivity index (χ2v) is 5.88. The molecule has 3 aromatic rings. The van der Waals surface area contributed by atoms with Crippen LogP contribution in [0.25, 0.3) is 0 Å². The summed E-state index contributed by atoms with van der Waals surface area (Å²) in [4.78, 5) is 10.9. The van der Waals surface area contributed by atoms with Crippen molar-refractivity contribution in [3.8, 4) is 23.3 Å². The molecule has 7 heteroatoms. The van der Waals surface area contributed by atoms with Crippen molar-refractivity contribution in [3.05, 3.63) is 77.7 Å². The zero-order valence-corrected chi connectivity index (χ0v) is 15.7. The third-order valence-corrected chi connectivity index (χ3v) is 3.62. The van der Waals surface area contributed by atoms with Gasteiger partial charge in [0.2, 0.25) is 0 Å². The van der Waals surface area contributed by atoms with Crippen LogP contribution in [0.1, 0.15) is 18.2 Å². The van der Waals surface area contributed by atoms with Crippen LogP contribution in [0.2, 0.25) is 0 Å². The number of nitrogens with zero attached hydrogens (tertiary/aromatic N) is 2. The first-order valence-corrected chi connectivity index (χ1v) is 8.85. The maximum Gasteiger partial charge on any atom is 0.308 e. The van der Waals surface area contributed by atoms with E-state index in [1.165, 1.54) is 13.0 Å². The van der Waals surface area contributed by atoms with Crippen molar-refractivity contribution in [1.29, 1.82) is 0 Å². The van der Waals surface area contributed by atoms with Gasteiger partial charge < -0.3 is 14.8 Å². The summed E-state index contributed by atoms with van der Waals surface area (Å²) in [5, 5.41) is 11.1. The van der Waals surface area contributed by atoms with Gasteiger partial charge in [-0.2, -0.15) is 0 Å². The van der Waals surface area contributed by atoms with Gasteiger partial charge >= 0.3 is 5.97 Å². The lowest BCUT2D eigenvalue weighted by Crippen LogP contribution is -2.13. The quantitative estimate of drug-likeness (QED) is 0.300. The Balaban J connectivity index is 1.48. The molecule has 0 radical (unpaired) electrons. The number of para-hydroxylation sites is 1. The Hall–Kier alpha value is -3.92. The topological polar surface area (TPSA) is 73.3 Å². The van der Waals surface area contributed by atoms with E-state index in [4.69, 9.17) is 9.47 Å². The predicted octanol–water partition coefficient (Wildman–Crippen LogP) is 3.43. The van der Waals surface area contributed by atoms with E-state index >= 15 is 0 Å². The molecule has 0 saturated carbocycles. The molecular formula is C22H18FN3O3. The first-order valence-electron chi connectivity index (χ1n) is 8.85. The largest absolute Gasteiger partial charge is 0.489 e. The number of esters is 1. The van der Waals surface area contributed by atoms with E-state index in [0.29, 0.717) is 23.8 Å². The summed E-state index contributed by atoms with van der Waals surface area (Å²) >= 11 is 0. The average molecular weight is 391 g/mol. The first kappa shape index (κ1) is 19.8. The molecule has 1 heterocycles. The Morgan fingerprint density at radius 2 is 1.83 bits per heavy atom. The van der Waals surface area contributed by atoms with E-state index in [-0.39, 0.29) is 18.3 Å². The van der Waals surface area contributed by atoms with Crippen LogP contribution in [0.4, 0.5) is 10.2 Å². The molecule has 0 saturated heterocycles. The molecule has 0 fully saturated rings. The van der Waals surface area contributed by atoms with Crippen LogP contribution >= 0.6 is 0 Å². The number of hydrogen-bond donors (Lipinski definition) is 1. The highest BCUT2D eigenvalue weighted by Gasteiger charge is 2.01. The smallest absolute Gasteiger partial charge is 0.308 e. The van der Waals surface area contributed by atoms with Crippen molar-refractivity contribution >= 4 is 11.8 Å². The Morgan fingerprint density at radius 1 is 1.03 bits per heavy atom. The monoisotopic (exact) mass is 391 g/mol. The SMILES string of the molecule is CC(=O)Oc1ccc(C#Cc2ccc(NCCOc3ccccc3F)nn2)cc1. The lowest BCUT2D eigenvalue weighted by atomic mass is 10.2. The van der Waals surface area contributed by atoms with Crippen molar-refractivity contribution in [1.82, 2.24) is 10.2 Å². The number of carbonyl (C=O) groups excluding carboxylic acids is 1. The van der Waals surface area contributed by atoms with E-state index in [0.717, 1.165) is 5.56 Å². The molecule has 2 aromatic carbocycles. The number of hydrogen-bond acceptors (Lipinski definition) is 6. The highest BCUT2D eigenvalue weighted by Crippen LogP contribution is 2.15. The molecule has 146 valence electrons. The van der Waals surface area contributed by atoms with Gasteiger partial charge in [-0.25, -0.2) is 4.39 Å². The van der Waals surface area contributed by atoms with Gasteiger partial charge in [-0.3, -0.25) is 4.79 Å². The lowest BCUT2D eigenvalue weighted by Gasteiger charge is -2.08. The maximum atomic E-state index is 13.4. The molecule has 0 spiro atoms. The molecule has 0 aliphatic rings. The molecule has 29 heavy (non-hydrogen) atoms. The fourth-order valence-corrected chi connectivity index (χ4v) is 2.30. The normalized spacial score (nSPS) is 9.86. The van der Waals surface area contributed by atoms with Crippen LogP contribution < -0.4 is 14.8 Å². The van der Waals surface area contributed by atoms with Gasteiger partial charge in [0.15, 0.2) is 11.6 Å². The Labute approximate surface area is 167 Å². The second-order valence-electron chi connectivity index (χ2n) is 5.88. The molecule has 3 rings (SSSR count). The van der Waals surface area contributed by atoms with Crippen LogP contribution in [0, 0.1) is 17.7 Å². The van der Waals surface area contributed by atoms with E-state index in [2.05, 4.69) is 27.4 Å². The second kappa shape index (κ2) is 9.85. The van der Waals surface area contributed by atoms with Crippen LogP contribution in [-0.2, 0) is 4.79 Å². The molecule has 6 nitrogen and oxygen atoms in total. The number of benzene rings is 2. The molecule has 0 amide bonds. The molecule has 1 aromatic heterocycles. The Kier molecular flexibility index (Phi) is 6.74. The summed E-state index contributed by atoms with van der Waals surface area (Å²) in [5.74, 6) is 6.38. The van der Waals surface area contributed by atoms with Crippen molar-refractivity contribution < 1.29 is 18.7 Å². The van der Waals surface area contributed by atoms with Gasteiger partial charge in [0.25, 0.3) is 0 Å². The third kappa shape index (κ3) is 6.33. The van der Waals surface area contributed by atoms with Gasteiger partial charge in [-0.05, 0) is 54.5 Å². The molecule has 0 bridgehead atoms. The third-order valence-electron chi connectivity index (χ3n) is 3.62. The minimum atomic E-state index is -0.392. The van der Waals surface area contributed by atoms with Crippen molar-refractivity contribution in [2.24, 2.45) is 0 Å². The summed E-state index contributed by atoms with van der Waals surface area (Å²) in [6, 6.07) is 16.6. The molecule has 0 unspecified atom stereocenters. The average Bonchev–Trinajstić information content (AvgIpc) is 2.72. The fraction of sp³-hybridized carbons (Fsp3) is 0.136. The number of ether oxygens (including phenoxy) is 2. The molecule has 0 aliphatic heterocycles. The summed E-state index contributed by atoms with van der Waals surface area (Å²) in [5.41, 5.74) is 1.28. The van der Waals surface area contributed by atoms with Crippen LogP contribution in [-0.4, -0.2) is 29.3 Å². The standard InChI is InChI=1S/C22H18FN3O3/c1-16(27)29-19-11-7-17(8-12-19)6-9-18-10-13-22(26-25-18)24-14-15-28-21-5-3-2-4-20(21)23/h2-5,7-8,10-13H,14-15H2,1H3,(H,24,26). The van der Waals surface area contributed by atoms with E-state index < -0.39 is 5.82 Å². The first-order chi connectivity index (χ1) is 14.1. The summed E-state index contributed by atoms with van der Waals surface area (Å²) in [6.07, 6.45) is 0. The number of halogens is 1. The van der Waals surface area contributed by atoms with Crippen LogP contribution in [0.5, 0.6) is 11.5 Å². The number of carbonyl (C=O) groups is 1. The van der Waals surface area contributed by atoms with Crippen molar-refractivity contribution in [2.45, 2.75) is 6.92 Å². The number of nitrogens with one attached hydrogen (secondary N) is 1. The van der Waals surface area contributed by atoms with Crippen LogP contribution in [0.15, 0.2) is 60.7 Å². The van der Waals surface area contributed by atoms with Crippen molar-refractivity contribution in [3.63, 3.8) is 0 Å². The molecule has 0 aliphatic carbocycles. The van der Waals surface area contributed by atoms with E-state index in [1.54, 1.807) is 54.6 Å². The molecular weight excluding hydrogens is 373 g/mol. The minimum absolute atomic E-state index is 0.215. The van der Waals surface area contributed by atoms with E-state index in [1.807, 2.05) is 0 Å². The van der Waals surface area contributed by atoms with Gasteiger partial charge in [-0.1, -0.05) is 18.1 Å². The summed E-state index contributed by atoms with van der Waals surface area (Å²) in [7, 11) is 0. The lowest BCUT2D eigenvalue weighted by molar-refractivity contribution is -0.131. The number of aromatic nitrogens is 2. The van der Waals surface area contributed by atoms with Gasteiger partial charge in [0, 0.05) is 12.5 Å². The fourth-order valence-electron chi connectivity index (χ4n) is 2.30. The molecule has 1 N–H and O–H groups in total. The zero-order valence-electron chi connectivity index (χ0n) is 15.7. The summed E-state index contributed by atoms with van der Waals surface area (Å²) in [6.45, 7) is 2.08. The minimum Gasteiger partial charge on any atom is -0.489 e. The van der Waals surface area contributed by atoms with Gasteiger partial charge in [0.1, 0.15) is 23.9 Å². The highest BCUT2D eigenvalue weighted by molar-refractivity contribution is 5.69. The molecule has 0 atom stereocenters. The zero-order chi connectivity index (χ0) is 20.5. The van der Waals surface area contributed by atoms with Crippen LogP contribution in [0.3, 0.4) is 0 Å². The van der Waals surface area contributed by atoms with E-state index in [9.17, 15) is 9.18 Å². The van der Waals surface area contributed by atoms with Gasteiger partial charge in [-0.15, -0.1) is 10.2 Å². The Bertz CT molecular complexity index is 1030. The predicted molar refractivity (Wildman–Crippen MR) is 106 cm³/mol. The number of rotatable bonds is 6. The Morgan fingerprint density at radius 3 is 2.52 bits per heavy atom. The number of anilines is 1. The highest BCUT2D eigenvalue weighted by atomic mass is 19.1.